The Balaban J connectivity index is 1.67. The molecular weight excluding hydrogens is 483 g/mol. The van der Waals surface area contributed by atoms with E-state index in [0.29, 0.717) is 21.5 Å². The fourth-order valence-electron chi connectivity index (χ4n) is 4.07. The van der Waals surface area contributed by atoms with Crippen molar-refractivity contribution in [2.45, 2.75) is 38.8 Å². The van der Waals surface area contributed by atoms with E-state index in [-0.39, 0.29) is 30.4 Å². The van der Waals surface area contributed by atoms with Gasteiger partial charge < -0.3 is 9.80 Å². The van der Waals surface area contributed by atoms with Crippen LogP contribution in [0.2, 0.25) is 10.0 Å². The summed E-state index contributed by atoms with van der Waals surface area (Å²) in [5.41, 5.74) is 1.95. The normalized spacial score (nSPS) is 16.5. The highest BCUT2D eigenvalue weighted by Crippen LogP contribution is 2.41. The standard InChI is InChI=1S/C24H24Cl2N2O2S2/c1-3-15(2)28(24(30)21-5-4-11-31-21)14-22(29)27-10-8-20-18(9-12-32-20)23(27)17-7-6-16(25)13-19(17)26/h4-7,9,11-13,15,23H,3,8,10,14H2,1-2H3. The Hall–Kier alpha value is -1.86. The number of carbonyl (C=O) groups excluding carboxylic acids is 2. The van der Waals surface area contributed by atoms with Gasteiger partial charge in [-0.15, -0.1) is 22.7 Å². The lowest BCUT2D eigenvalue weighted by Crippen LogP contribution is -2.49. The van der Waals surface area contributed by atoms with Gasteiger partial charge in [-0.05, 0) is 65.9 Å². The molecular formula is C24H24Cl2N2O2S2. The molecule has 32 heavy (non-hydrogen) atoms. The zero-order valence-electron chi connectivity index (χ0n) is 17.9. The van der Waals surface area contributed by atoms with E-state index in [4.69, 9.17) is 23.2 Å². The molecule has 4 rings (SSSR count). The largest absolute Gasteiger partial charge is 0.330 e. The van der Waals surface area contributed by atoms with E-state index in [1.807, 2.05) is 42.3 Å². The molecule has 1 aliphatic heterocycles. The smallest absolute Gasteiger partial charge is 0.264 e. The molecule has 168 valence electrons. The second-order valence-corrected chi connectivity index (χ2v) is 10.7. The number of thiophene rings is 2. The molecule has 1 aliphatic rings. The van der Waals surface area contributed by atoms with Crippen molar-refractivity contribution in [1.29, 1.82) is 0 Å². The molecule has 3 aromatic rings. The number of halogens is 2. The minimum atomic E-state index is -0.294. The van der Waals surface area contributed by atoms with Gasteiger partial charge in [0.05, 0.1) is 10.9 Å². The van der Waals surface area contributed by atoms with E-state index in [1.54, 1.807) is 28.4 Å². The number of benzene rings is 1. The van der Waals surface area contributed by atoms with Gasteiger partial charge in [-0.25, -0.2) is 0 Å². The molecule has 0 aliphatic carbocycles. The molecule has 2 amide bonds. The van der Waals surface area contributed by atoms with Gasteiger partial charge in [0.2, 0.25) is 5.91 Å². The summed E-state index contributed by atoms with van der Waals surface area (Å²) in [4.78, 5) is 32.3. The highest BCUT2D eigenvalue weighted by Gasteiger charge is 2.35. The summed E-state index contributed by atoms with van der Waals surface area (Å²) in [6.45, 7) is 4.63. The van der Waals surface area contributed by atoms with Gasteiger partial charge in [0.1, 0.15) is 6.54 Å². The fraction of sp³-hybridized carbons (Fsp3) is 0.333. The molecule has 3 heterocycles. The average Bonchev–Trinajstić information content (AvgIpc) is 3.48. The Labute approximate surface area is 206 Å². The van der Waals surface area contributed by atoms with E-state index in [1.165, 1.54) is 16.2 Å². The van der Waals surface area contributed by atoms with Gasteiger partial charge in [-0.3, -0.25) is 9.59 Å². The molecule has 0 fully saturated rings. The number of rotatable bonds is 6. The number of nitrogens with zero attached hydrogens (tertiary/aromatic N) is 2. The van der Waals surface area contributed by atoms with Crippen LogP contribution in [0.4, 0.5) is 0 Å². The molecule has 8 heteroatoms. The molecule has 4 nitrogen and oxygen atoms in total. The van der Waals surface area contributed by atoms with Crippen LogP contribution in [0.5, 0.6) is 0 Å². The lowest BCUT2D eigenvalue weighted by atomic mass is 9.93. The van der Waals surface area contributed by atoms with Crippen LogP contribution in [0.1, 0.15) is 52.0 Å². The Kier molecular flexibility index (Phi) is 7.25. The fourth-order valence-corrected chi connectivity index (χ4v) is 6.16. The van der Waals surface area contributed by atoms with Gasteiger partial charge in [0.25, 0.3) is 5.91 Å². The van der Waals surface area contributed by atoms with Crippen LogP contribution in [-0.4, -0.2) is 40.7 Å². The lowest BCUT2D eigenvalue weighted by Gasteiger charge is -2.38. The number of amides is 2. The van der Waals surface area contributed by atoms with E-state index < -0.39 is 0 Å². The van der Waals surface area contributed by atoms with Crippen LogP contribution in [0.3, 0.4) is 0 Å². The van der Waals surface area contributed by atoms with Crippen LogP contribution in [0.25, 0.3) is 0 Å². The molecule has 0 spiro atoms. The minimum Gasteiger partial charge on any atom is -0.330 e. The van der Waals surface area contributed by atoms with Crippen LogP contribution >= 0.6 is 45.9 Å². The molecule has 0 saturated heterocycles. The molecule has 2 atom stereocenters. The summed E-state index contributed by atoms with van der Waals surface area (Å²) in [7, 11) is 0. The van der Waals surface area contributed by atoms with E-state index in [9.17, 15) is 9.59 Å². The number of hydrogen-bond acceptors (Lipinski definition) is 4. The highest BCUT2D eigenvalue weighted by molar-refractivity contribution is 7.12. The third kappa shape index (κ3) is 4.60. The zero-order valence-corrected chi connectivity index (χ0v) is 21.0. The summed E-state index contributed by atoms with van der Waals surface area (Å²) in [5.74, 6) is -0.180. The quantitative estimate of drug-likeness (QED) is 0.381. The summed E-state index contributed by atoms with van der Waals surface area (Å²) in [6, 6.07) is 10.8. The highest BCUT2D eigenvalue weighted by atomic mass is 35.5. The van der Waals surface area contributed by atoms with Crippen LogP contribution in [0, 0.1) is 0 Å². The van der Waals surface area contributed by atoms with Crippen molar-refractivity contribution < 1.29 is 9.59 Å². The summed E-state index contributed by atoms with van der Waals surface area (Å²) >= 11 is 15.8. The van der Waals surface area contributed by atoms with Gasteiger partial charge in [0, 0.05) is 27.5 Å². The molecule has 0 radical (unpaired) electrons. The summed E-state index contributed by atoms with van der Waals surface area (Å²) < 4.78 is 0. The first-order valence-electron chi connectivity index (χ1n) is 10.6. The van der Waals surface area contributed by atoms with E-state index >= 15 is 0 Å². The molecule has 2 aromatic heterocycles. The topological polar surface area (TPSA) is 40.6 Å². The third-order valence-corrected chi connectivity index (χ3v) is 8.38. The lowest BCUT2D eigenvalue weighted by molar-refractivity contribution is -0.134. The van der Waals surface area contributed by atoms with Crippen LogP contribution in [-0.2, 0) is 11.2 Å². The maximum absolute atomic E-state index is 13.7. The Morgan fingerprint density at radius 2 is 1.97 bits per heavy atom. The Bertz CT molecular complexity index is 1110. The summed E-state index contributed by atoms with van der Waals surface area (Å²) in [5, 5.41) is 5.03. The van der Waals surface area contributed by atoms with Crippen LogP contribution < -0.4 is 0 Å². The molecule has 0 N–H and O–H groups in total. The van der Waals surface area contributed by atoms with Crippen molar-refractivity contribution in [3.05, 3.63) is 78.1 Å². The van der Waals surface area contributed by atoms with E-state index in [0.717, 1.165) is 24.0 Å². The first kappa shape index (κ1) is 23.3. The first-order valence-corrected chi connectivity index (χ1v) is 13.1. The molecule has 0 bridgehead atoms. The van der Waals surface area contributed by atoms with Crippen molar-refractivity contribution >= 4 is 57.7 Å². The van der Waals surface area contributed by atoms with Crippen molar-refractivity contribution in [2.75, 3.05) is 13.1 Å². The second-order valence-electron chi connectivity index (χ2n) is 7.87. The number of hydrogen-bond donors (Lipinski definition) is 0. The Morgan fingerprint density at radius 1 is 1.16 bits per heavy atom. The maximum Gasteiger partial charge on any atom is 0.264 e. The van der Waals surface area contributed by atoms with Gasteiger partial charge in [0.15, 0.2) is 0 Å². The van der Waals surface area contributed by atoms with Gasteiger partial charge in [-0.1, -0.05) is 42.3 Å². The third-order valence-electron chi connectivity index (χ3n) is 5.96. The summed E-state index contributed by atoms with van der Waals surface area (Å²) in [6.07, 6.45) is 1.56. The molecule has 2 unspecified atom stereocenters. The van der Waals surface area contributed by atoms with Gasteiger partial charge >= 0.3 is 0 Å². The first-order chi connectivity index (χ1) is 15.4. The number of fused-ring (bicyclic) bond motifs is 1. The predicted molar refractivity (Wildman–Crippen MR) is 133 cm³/mol. The predicted octanol–water partition coefficient (Wildman–Crippen LogP) is 6.53. The van der Waals surface area contributed by atoms with Crippen molar-refractivity contribution in [3.8, 4) is 0 Å². The Morgan fingerprint density at radius 3 is 2.66 bits per heavy atom. The monoisotopic (exact) mass is 506 g/mol. The molecule has 0 saturated carbocycles. The van der Waals surface area contributed by atoms with Gasteiger partial charge in [-0.2, -0.15) is 0 Å². The van der Waals surface area contributed by atoms with Crippen molar-refractivity contribution in [2.24, 2.45) is 0 Å². The average molecular weight is 508 g/mol. The number of carbonyl (C=O) groups is 2. The van der Waals surface area contributed by atoms with E-state index in [2.05, 4.69) is 11.4 Å². The molecule has 1 aromatic carbocycles. The van der Waals surface area contributed by atoms with Crippen molar-refractivity contribution in [1.82, 2.24) is 9.80 Å². The zero-order chi connectivity index (χ0) is 22.8. The van der Waals surface area contributed by atoms with Crippen molar-refractivity contribution in [3.63, 3.8) is 0 Å². The maximum atomic E-state index is 13.7. The minimum absolute atomic E-state index is 0.0346. The second kappa shape index (κ2) is 9.96. The van der Waals surface area contributed by atoms with Crippen LogP contribution in [0.15, 0.2) is 47.2 Å². The SMILES string of the molecule is CCC(C)N(CC(=O)N1CCc2sccc2C1c1ccc(Cl)cc1Cl)C(=O)c1cccs1.